The number of allylic oxidation sites excluding steroid dienone is 3. The number of likely N-dealkylation sites (tertiary alicyclic amines) is 1. The maximum Gasteiger partial charge on any atom is 0.276 e. The van der Waals surface area contributed by atoms with Crippen LogP contribution in [-0.2, 0) is 9.53 Å². The van der Waals surface area contributed by atoms with Crippen molar-refractivity contribution >= 4 is 35.1 Å². The van der Waals surface area contributed by atoms with Crippen molar-refractivity contribution in [3.05, 3.63) is 46.8 Å². The van der Waals surface area contributed by atoms with Gasteiger partial charge in [0.15, 0.2) is 16.4 Å². The number of ether oxygens (including phenoxy) is 1. The number of aromatic nitrogens is 2. The highest BCUT2D eigenvalue weighted by molar-refractivity contribution is 6.99. The van der Waals surface area contributed by atoms with E-state index in [1.54, 1.807) is 9.80 Å². The summed E-state index contributed by atoms with van der Waals surface area (Å²) in [4.78, 5) is 29.2. The Morgan fingerprint density at radius 1 is 1.29 bits per heavy atom. The fourth-order valence-corrected chi connectivity index (χ4v) is 5.15. The largest absolute Gasteiger partial charge is 0.342 e. The molecule has 2 atom stereocenters. The van der Waals surface area contributed by atoms with Gasteiger partial charge in [-0.3, -0.25) is 9.59 Å². The number of hydrogen-bond donors (Lipinski definition) is 0. The Labute approximate surface area is 187 Å². The van der Waals surface area contributed by atoms with E-state index in [9.17, 15) is 18.4 Å². The Kier molecular flexibility index (Phi) is 5.97. The highest BCUT2D eigenvalue weighted by atomic mass is 35.5. The minimum absolute atomic E-state index is 0.0727. The van der Waals surface area contributed by atoms with Gasteiger partial charge in [-0.05, 0) is 31.4 Å². The lowest BCUT2D eigenvalue weighted by atomic mass is 9.89. The Morgan fingerprint density at radius 2 is 2.00 bits per heavy atom. The minimum Gasteiger partial charge on any atom is -0.342 e. The Hall–Kier alpha value is -2.17. The van der Waals surface area contributed by atoms with Crippen molar-refractivity contribution < 1.29 is 23.1 Å². The molecule has 3 aliphatic heterocycles. The first-order valence-electron chi connectivity index (χ1n) is 9.89. The van der Waals surface area contributed by atoms with Gasteiger partial charge >= 0.3 is 0 Å². The number of halogens is 3. The molecule has 3 saturated heterocycles. The molecule has 1 aromatic rings. The number of carbonyl (C=O) groups excluding carboxylic acids is 2. The maximum absolute atomic E-state index is 13.9. The second kappa shape index (κ2) is 8.40. The van der Waals surface area contributed by atoms with E-state index in [0.717, 1.165) is 30.8 Å². The number of hydrogen-bond acceptors (Lipinski definition) is 6. The molecule has 31 heavy (non-hydrogen) atoms. The van der Waals surface area contributed by atoms with Crippen molar-refractivity contribution in [1.82, 2.24) is 18.5 Å². The third-order valence-electron chi connectivity index (χ3n) is 5.92. The molecule has 2 amide bonds. The van der Waals surface area contributed by atoms with Gasteiger partial charge in [0.1, 0.15) is 12.1 Å². The van der Waals surface area contributed by atoms with Gasteiger partial charge < -0.3 is 14.5 Å². The number of rotatable bonds is 4. The molecular formula is C20H21ClF2N4O3S. The summed E-state index contributed by atoms with van der Waals surface area (Å²) in [5, 5.41) is 0.0727. The molecular weight excluding hydrogens is 450 g/mol. The van der Waals surface area contributed by atoms with Crippen molar-refractivity contribution in [2.24, 2.45) is 0 Å². The van der Waals surface area contributed by atoms with Gasteiger partial charge in [-0.2, -0.15) is 8.75 Å². The summed E-state index contributed by atoms with van der Waals surface area (Å²) in [6.45, 7) is 5.68. The first-order chi connectivity index (χ1) is 14.7. The molecule has 11 heteroatoms. The predicted octanol–water partition coefficient (Wildman–Crippen LogP) is 3.80. The first-order valence-corrected chi connectivity index (χ1v) is 11.0. The zero-order chi connectivity index (χ0) is 22.3. The molecule has 1 spiro atoms. The third-order valence-corrected chi connectivity index (χ3v) is 6.81. The molecule has 3 fully saturated rings. The lowest BCUT2D eigenvalue weighted by molar-refractivity contribution is -0.142. The van der Waals surface area contributed by atoms with Crippen LogP contribution in [-0.4, -0.2) is 61.3 Å². The second-order valence-corrected chi connectivity index (χ2v) is 8.79. The molecule has 0 aliphatic carbocycles. The van der Waals surface area contributed by atoms with E-state index in [-0.39, 0.29) is 22.7 Å². The van der Waals surface area contributed by atoms with Gasteiger partial charge in [-0.15, -0.1) is 0 Å². The van der Waals surface area contributed by atoms with Crippen LogP contribution in [0.25, 0.3) is 0 Å². The van der Waals surface area contributed by atoms with Crippen LogP contribution >= 0.6 is 23.3 Å². The Balaban J connectivity index is 1.45. The molecule has 0 unspecified atom stereocenters. The number of amides is 2. The van der Waals surface area contributed by atoms with Gasteiger partial charge in [-0.1, -0.05) is 18.2 Å². The molecule has 1 aromatic heterocycles. The van der Waals surface area contributed by atoms with E-state index in [0.29, 0.717) is 44.3 Å². The van der Waals surface area contributed by atoms with E-state index in [1.165, 1.54) is 0 Å². The lowest BCUT2D eigenvalue weighted by Gasteiger charge is -2.37. The standard InChI is InChI=1S/C20H21ClF2N4O3S/c1-11(9-13(23)10-12(2)22)14-3-4-15-27(14)19(29)20(30-15)5-7-26(8-6-20)18(28)16-17(21)25-31-24-16/h9-10,14-15H,1,3-8H2,2H3/b12-10+,13-9+/t14-,15+/m0/s1. The topological polar surface area (TPSA) is 75.6 Å². The van der Waals surface area contributed by atoms with Crippen LogP contribution in [0, 0.1) is 0 Å². The normalized spacial score (nSPS) is 26.0. The van der Waals surface area contributed by atoms with Crippen LogP contribution in [0.2, 0.25) is 5.15 Å². The van der Waals surface area contributed by atoms with Gasteiger partial charge in [0.25, 0.3) is 11.8 Å². The van der Waals surface area contributed by atoms with E-state index >= 15 is 0 Å². The summed E-state index contributed by atoms with van der Waals surface area (Å²) in [6.07, 6.45) is 3.39. The molecule has 0 aromatic carbocycles. The number of fused-ring (bicyclic) bond motifs is 1. The number of carbonyl (C=O) groups is 2. The third kappa shape index (κ3) is 4.04. The summed E-state index contributed by atoms with van der Waals surface area (Å²) >= 11 is 6.78. The highest BCUT2D eigenvalue weighted by Gasteiger charge is 2.58. The van der Waals surface area contributed by atoms with E-state index < -0.39 is 29.5 Å². The molecule has 166 valence electrons. The van der Waals surface area contributed by atoms with Crippen molar-refractivity contribution in [2.75, 3.05) is 13.1 Å². The molecule has 0 saturated carbocycles. The van der Waals surface area contributed by atoms with E-state index in [4.69, 9.17) is 16.3 Å². The first kappa shape index (κ1) is 22.0. The summed E-state index contributed by atoms with van der Waals surface area (Å²) in [6, 6.07) is -0.407. The summed E-state index contributed by atoms with van der Waals surface area (Å²) in [5.74, 6) is -1.89. The molecule has 4 rings (SSSR count). The maximum atomic E-state index is 13.9. The zero-order valence-electron chi connectivity index (χ0n) is 16.8. The molecule has 4 heterocycles. The average molecular weight is 471 g/mol. The monoisotopic (exact) mass is 470 g/mol. The SMILES string of the molecule is C=C(/C=C(F)\C=C(/C)F)[C@@H]1CC[C@H]2OC3(CCN(C(=O)c4nsnc4Cl)CC3)C(=O)N21. The summed E-state index contributed by atoms with van der Waals surface area (Å²) < 4.78 is 40.8. The van der Waals surface area contributed by atoms with Crippen LogP contribution in [0.3, 0.4) is 0 Å². The number of nitrogens with zero attached hydrogens (tertiary/aromatic N) is 4. The fraction of sp³-hybridized carbons (Fsp3) is 0.500. The van der Waals surface area contributed by atoms with Crippen LogP contribution in [0.1, 0.15) is 43.1 Å². The quantitative estimate of drug-likeness (QED) is 0.626. The Morgan fingerprint density at radius 3 is 2.61 bits per heavy atom. The molecule has 0 N–H and O–H groups in total. The smallest absolute Gasteiger partial charge is 0.276 e. The van der Waals surface area contributed by atoms with Crippen LogP contribution in [0.15, 0.2) is 36.0 Å². The van der Waals surface area contributed by atoms with Gasteiger partial charge in [-0.25, -0.2) is 8.78 Å². The molecule has 0 radical (unpaired) electrons. The van der Waals surface area contributed by atoms with Crippen molar-refractivity contribution in [1.29, 1.82) is 0 Å². The molecule has 0 bridgehead atoms. The van der Waals surface area contributed by atoms with Crippen molar-refractivity contribution in [3.63, 3.8) is 0 Å². The molecule has 7 nitrogen and oxygen atoms in total. The van der Waals surface area contributed by atoms with Gasteiger partial charge in [0, 0.05) is 32.0 Å². The minimum atomic E-state index is -1.01. The van der Waals surface area contributed by atoms with Crippen LogP contribution < -0.4 is 0 Å². The fourth-order valence-electron chi connectivity index (χ4n) is 4.44. The second-order valence-electron chi connectivity index (χ2n) is 7.90. The van der Waals surface area contributed by atoms with Crippen molar-refractivity contribution in [2.45, 2.75) is 50.5 Å². The zero-order valence-corrected chi connectivity index (χ0v) is 18.4. The highest BCUT2D eigenvalue weighted by Crippen LogP contribution is 2.44. The van der Waals surface area contributed by atoms with Gasteiger partial charge in [0.05, 0.1) is 23.6 Å². The summed E-state index contributed by atoms with van der Waals surface area (Å²) in [5.41, 5.74) is -0.503. The van der Waals surface area contributed by atoms with E-state index in [1.807, 2.05) is 0 Å². The summed E-state index contributed by atoms with van der Waals surface area (Å²) in [7, 11) is 0. The van der Waals surface area contributed by atoms with Gasteiger partial charge in [0.2, 0.25) is 0 Å². The Bertz CT molecular complexity index is 983. The van der Waals surface area contributed by atoms with E-state index in [2.05, 4.69) is 15.3 Å². The van der Waals surface area contributed by atoms with Crippen molar-refractivity contribution in [3.8, 4) is 0 Å². The van der Waals surface area contributed by atoms with Crippen LogP contribution in [0.5, 0.6) is 0 Å². The predicted molar refractivity (Wildman–Crippen MR) is 111 cm³/mol. The average Bonchev–Trinajstić information content (AvgIpc) is 3.38. The van der Waals surface area contributed by atoms with Crippen LogP contribution in [0.4, 0.5) is 8.78 Å². The lowest BCUT2D eigenvalue weighted by Crippen LogP contribution is -2.52. The molecule has 3 aliphatic rings. The number of piperidine rings is 1.